The Morgan fingerprint density at radius 2 is 1.00 bits per heavy atom. The highest BCUT2D eigenvalue weighted by atomic mass is 28.3. The van der Waals surface area contributed by atoms with Crippen LogP contribution in [0.3, 0.4) is 0 Å². The number of rotatable bonds is 14. The fourth-order valence-corrected chi connectivity index (χ4v) is 4.00. The second kappa shape index (κ2) is 14.9. The van der Waals surface area contributed by atoms with Crippen LogP contribution in [0.2, 0.25) is 5.67 Å². The average molecular weight is 357 g/mol. The third kappa shape index (κ3) is 10.7. The van der Waals surface area contributed by atoms with Gasteiger partial charge in [-0.05, 0) is 25.7 Å². The maximum Gasteiger partial charge on any atom is 0.314 e. The number of carbonyl (C=O) groups excluding carboxylic acids is 2. The zero-order chi connectivity index (χ0) is 17.5. The summed E-state index contributed by atoms with van der Waals surface area (Å²) in [5.74, 6) is -0.111. The lowest BCUT2D eigenvalue weighted by Gasteiger charge is -2.15. The van der Waals surface area contributed by atoms with E-state index in [-0.39, 0.29) is 43.3 Å². The fourth-order valence-electron chi connectivity index (χ4n) is 2.56. The molecule has 0 unspecified atom stereocenters. The van der Waals surface area contributed by atoms with E-state index >= 15 is 0 Å². The fraction of sp³-hybridized carbons (Fsp3) is 0.882. The first-order valence-electron chi connectivity index (χ1n) is 8.97. The topological polar surface area (TPSA) is 52.6 Å². The molecule has 4 radical (unpaired) electrons. The van der Waals surface area contributed by atoms with Gasteiger partial charge in [0, 0.05) is 5.67 Å². The van der Waals surface area contributed by atoms with Crippen molar-refractivity contribution in [1.29, 1.82) is 0 Å². The van der Waals surface area contributed by atoms with E-state index in [1.807, 2.05) is 0 Å². The van der Waals surface area contributed by atoms with Crippen molar-refractivity contribution in [2.24, 2.45) is 11.8 Å². The highest BCUT2D eigenvalue weighted by Crippen LogP contribution is 2.16. The standard InChI is InChI=1S/C17H32O4Si2/c1-5-9-14(10-6-2)16(18)20-22-13-23-21-17(19)15(11-7-3)12-8-4/h14-15H,5-13H2,1-4H3. The van der Waals surface area contributed by atoms with Gasteiger partial charge in [-0.2, -0.15) is 0 Å². The minimum absolute atomic E-state index is 0.0295. The van der Waals surface area contributed by atoms with Gasteiger partial charge in [0.15, 0.2) is 0 Å². The van der Waals surface area contributed by atoms with Crippen LogP contribution >= 0.6 is 0 Å². The van der Waals surface area contributed by atoms with Crippen LogP contribution in [0.15, 0.2) is 0 Å². The van der Waals surface area contributed by atoms with Gasteiger partial charge in [0.05, 0.1) is 11.8 Å². The molecule has 23 heavy (non-hydrogen) atoms. The van der Waals surface area contributed by atoms with E-state index in [0.717, 1.165) is 51.4 Å². The van der Waals surface area contributed by atoms with Gasteiger partial charge in [-0.3, -0.25) is 9.59 Å². The Morgan fingerprint density at radius 1 is 0.696 bits per heavy atom. The highest BCUT2D eigenvalue weighted by molar-refractivity contribution is 6.50. The quantitative estimate of drug-likeness (QED) is 0.347. The first-order chi connectivity index (χ1) is 11.1. The van der Waals surface area contributed by atoms with Gasteiger partial charge >= 0.3 is 19.5 Å². The maximum atomic E-state index is 12.0. The average Bonchev–Trinajstić information content (AvgIpc) is 2.53. The van der Waals surface area contributed by atoms with Crippen LogP contribution in [-0.2, 0) is 18.4 Å². The van der Waals surface area contributed by atoms with Gasteiger partial charge < -0.3 is 8.85 Å². The van der Waals surface area contributed by atoms with E-state index in [1.165, 1.54) is 0 Å². The molecule has 0 saturated carbocycles. The molecule has 4 nitrogen and oxygen atoms in total. The monoisotopic (exact) mass is 356 g/mol. The molecule has 0 saturated heterocycles. The summed E-state index contributed by atoms with van der Waals surface area (Å²) in [6.07, 6.45) is 7.57. The Hall–Kier alpha value is -0.626. The molecule has 0 heterocycles. The molecule has 0 aromatic carbocycles. The second-order valence-electron chi connectivity index (χ2n) is 5.86. The number of hydrogen-bond donors (Lipinski definition) is 0. The van der Waals surface area contributed by atoms with Crippen LogP contribution < -0.4 is 0 Å². The van der Waals surface area contributed by atoms with E-state index in [0.29, 0.717) is 5.67 Å². The normalized spacial score (nSPS) is 11.0. The van der Waals surface area contributed by atoms with E-state index in [1.54, 1.807) is 0 Å². The van der Waals surface area contributed by atoms with Crippen molar-refractivity contribution >= 4 is 31.5 Å². The molecule has 0 aliphatic heterocycles. The molecule has 0 aliphatic carbocycles. The molecule has 0 fully saturated rings. The first kappa shape index (κ1) is 22.4. The Labute approximate surface area is 147 Å². The summed E-state index contributed by atoms with van der Waals surface area (Å²) in [5, 5.41) is 0. The zero-order valence-corrected chi connectivity index (χ0v) is 17.2. The largest absolute Gasteiger partial charge is 0.516 e. The summed E-state index contributed by atoms with van der Waals surface area (Å²) in [7, 11) is 0.190. The minimum Gasteiger partial charge on any atom is -0.516 e. The van der Waals surface area contributed by atoms with Gasteiger partial charge in [0.1, 0.15) is 0 Å². The third-order valence-electron chi connectivity index (χ3n) is 3.71. The predicted molar refractivity (Wildman–Crippen MR) is 95.1 cm³/mol. The molecule has 6 heteroatoms. The van der Waals surface area contributed by atoms with Crippen molar-refractivity contribution < 1.29 is 18.4 Å². The summed E-state index contributed by atoms with van der Waals surface area (Å²) in [6.45, 7) is 8.34. The van der Waals surface area contributed by atoms with Crippen LogP contribution in [0.4, 0.5) is 0 Å². The summed E-state index contributed by atoms with van der Waals surface area (Å²) in [6, 6.07) is 0. The van der Waals surface area contributed by atoms with Gasteiger partial charge in [-0.1, -0.05) is 53.4 Å². The molecular formula is C17H32O4Si2. The van der Waals surface area contributed by atoms with Crippen LogP contribution in [0.25, 0.3) is 0 Å². The summed E-state index contributed by atoms with van der Waals surface area (Å²) < 4.78 is 10.7. The van der Waals surface area contributed by atoms with E-state index in [4.69, 9.17) is 8.85 Å². The van der Waals surface area contributed by atoms with Crippen molar-refractivity contribution in [2.75, 3.05) is 0 Å². The summed E-state index contributed by atoms with van der Waals surface area (Å²) >= 11 is 0. The van der Waals surface area contributed by atoms with Crippen molar-refractivity contribution in [3.63, 3.8) is 0 Å². The molecule has 0 aromatic rings. The number of hydrogen-bond acceptors (Lipinski definition) is 4. The SMILES string of the molecule is CCCC(CCC)C(=O)O[Si]C[Si]OC(=O)C(CCC)CCC. The molecule has 0 rings (SSSR count). The Bertz CT molecular complexity index is 282. The molecule has 0 aromatic heterocycles. The third-order valence-corrected chi connectivity index (χ3v) is 5.55. The summed E-state index contributed by atoms with van der Waals surface area (Å²) in [5.41, 5.74) is 0.632. The van der Waals surface area contributed by atoms with Crippen LogP contribution in [0.5, 0.6) is 0 Å². The Kier molecular flexibility index (Phi) is 14.5. The van der Waals surface area contributed by atoms with Gasteiger partial charge in [0.25, 0.3) is 11.9 Å². The maximum absolute atomic E-state index is 12.0. The van der Waals surface area contributed by atoms with Crippen molar-refractivity contribution in [3.8, 4) is 0 Å². The lowest BCUT2D eigenvalue weighted by Crippen LogP contribution is -2.23. The molecule has 0 bridgehead atoms. The van der Waals surface area contributed by atoms with Crippen LogP contribution in [0.1, 0.15) is 79.1 Å². The second-order valence-corrected chi connectivity index (χ2v) is 8.26. The predicted octanol–water partition coefficient (Wildman–Crippen LogP) is 4.12. The minimum atomic E-state index is -0.0852. The van der Waals surface area contributed by atoms with Gasteiger partial charge in [-0.15, -0.1) is 0 Å². The Morgan fingerprint density at radius 3 is 1.26 bits per heavy atom. The van der Waals surface area contributed by atoms with Crippen LogP contribution in [0, 0.1) is 11.8 Å². The van der Waals surface area contributed by atoms with Crippen LogP contribution in [-0.4, -0.2) is 31.5 Å². The molecule has 0 aliphatic rings. The molecule has 0 atom stereocenters. The van der Waals surface area contributed by atoms with E-state index in [9.17, 15) is 9.59 Å². The lowest BCUT2D eigenvalue weighted by molar-refractivity contribution is -0.140. The van der Waals surface area contributed by atoms with Gasteiger partial charge in [0.2, 0.25) is 0 Å². The Balaban J connectivity index is 3.93. The van der Waals surface area contributed by atoms with E-state index in [2.05, 4.69) is 27.7 Å². The first-order valence-corrected chi connectivity index (χ1v) is 11.2. The van der Waals surface area contributed by atoms with Crippen molar-refractivity contribution in [2.45, 2.75) is 84.7 Å². The lowest BCUT2D eigenvalue weighted by atomic mass is 9.99. The van der Waals surface area contributed by atoms with E-state index < -0.39 is 0 Å². The molecule has 132 valence electrons. The summed E-state index contributed by atoms with van der Waals surface area (Å²) in [4.78, 5) is 24.0. The number of carbonyl (C=O) groups is 2. The highest BCUT2D eigenvalue weighted by Gasteiger charge is 2.20. The molecule has 0 spiro atoms. The van der Waals surface area contributed by atoms with Crippen molar-refractivity contribution in [1.82, 2.24) is 0 Å². The molecule has 0 amide bonds. The molecular weight excluding hydrogens is 324 g/mol. The molecule has 0 N–H and O–H groups in total. The zero-order valence-electron chi connectivity index (χ0n) is 15.2. The van der Waals surface area contributed by atoms with Crippen molar-refractivity contribution in [3.05, 3.63) is 0 Å². The smallest absolute Gasteiger partial charge is 0.314 e. The van der Waals surface area contributed by atoms with Gasteiger partial charge in [-0.25, -0.2) is 0 Å².